The number of hydrogen-bond acceptors (Lipinski definition) is 9. The topological polar surface area (TPSA) is 111 Å². The van der Waals surface area contributed by atoms with Gasteiger partial charge in [-0.1, -0.05) is 0 Å². The van der Waals surface area contributed by atoms with Crippen molar-refractivity contribution in [2.24, 2.45) is 0 Å². The number of thiophene rings is 1. The maximum Gasteiger partial charge on any atom is 0.306 e. The average molecular weight is 434 g/mol. The molecule has 0 aliphatic rings. The molecule has 0 radical (unpaired) electrons. The summed E-state index contributed by atoms with van der Waals surface area (Å²) in [4.78, 5) is 41.8. The summed E-state index contributed by atoms with van der Waals surface area (Å²) in [6.45, 7) is 2.09. The lowest BCUT2D eigenvalue weighted by Crippen LogP contribution is -2.34. The second kappa shape index (κ2) is 9.99. The molecule has 3 aromatic heterocycles. The number of ether oxygens (including phenoxy) is 1. The van der Waals surface area contributed by atoms with Crippen LogP contribution < -0.4 is 10.6 Å². The van der Waals surface area contributed by atoms with Gasteiger partial charge in [-0.3, -0.25) is 19.7 Å². The van der Waals surface area contributed by atoms with Crippen LogP contribution in [0.3, 0.4) is 0 Å². The van der Waals surface area contributed by atoms with Gasteiger partial charge in [-0.15, -0.1) is 22.7 Å². The first-order valence-corrected chi connectivity index (χ1v) is 10.5. The Morgan fingerprint density at radius 1 is 1.24 bits per heavy atom. The van der Waals surface area contributed by atoms with Crippen LogP contribution in [-0.2, 0) is 14.3 Å². The minimum atomic E-state index is -0.711. The summed E-state index contributed by atoms with van der Waals surface area (Å²) in [7, 11) is 0. The highest BCUT2D eigenvalue weighted by Crippen LogP contribution is 2.30. The summed E-state index contributed by atoms with van der Waals surface area (Å²) in [6, 6.07) is 7.07. The zero-order chi connectivity index (χ0) is 20.6. The number of imide groups is 1. The molecule has 29 heavy (non-hydrogen) atoms. The zero-order valence-electron chi connectivity index (χ0n) is 15.6. The Bertz CT molecular complexity index is 978. The van der Waals surface area contributed by atoms with Gasteiger partial charge in [0.15, 0.2) is 17.5 Å². The molecule has 0 aliphatic carbocycles. The summed E-state index contributed by atoms with van der Waals surface area (Å²) in [5.74, 6) is -1.89. The molecule has 0 fully saturated rings. The van der Waals surface area contributed by atoms with Crippen LogP contribution in [0.2, 0.25) is 0 Å². The molecule has 0 spiro atoms. The summed E-state index contributed by atoms with van der Waals surface area (Å²) in [5, 5.41) is 8.03. The number of hydrogen-bond donors (Lipinski definition) is 2. The maximum atomic E-state index is 11.7. The van der Waals surface area contributed by atoms with Crippen LogP contribution in [0.1, 0.15) is 28.3 Å². The van der Waals surface area contributed by atoms with Gasteiger partial charge in [0.25, 0.3) is 11.8 Å². The molecule has 0 bridgehead atoms. The lowest BCUT2D eigenvalue weighted by atomic mass is 10.3. The van der Waals surface area contributed by atoms with Crippen LogP contribution >= 0.6 is 22.7 Å². The van der Waals surface area contributed by atoms with Gasteiger partial charge in [0.1, 0.15) is 0 Å². The molecule has 3 heterocycles. The standard InChI is InChI=1S/C19H19N3O5S2/c1-12-6-7-15(29-12)13-11-28-19(21-13)20-8-2-5-17(24)27-10-16(23)22-18(25)14-4-3-9-26-14/h3-4,6-7,9,11H,2,5,8,10H2,1H3,(H,20,21)(H,22,23,25). The second-order valence-corrected chi connectivity index (χ2v) is 8.14. The van der Waals surface area contributed by atoms with Crippen molar-refractivity contribution in [3.05, 3.63) is 46.5 Å². The molecule has 0 atom stereocenters. The molecular formula is C19H19N3O5S2. The van der Waals surface area contributed by atoms with Crippen molar-refractivity contribution >= 4 is 45.6 Å². The third kappa shape index (κ3) is 6.26. The number of nitrogens with zero attached hydrogens (tertiary/aromatic N) is 1. The quantitative estimate of drug-likeness (QED) is 0.393. The van der Waals surface area contributed by atoms with E-state index in [1.807, 2.05) is 11.4 Å². The van der Waals surface area contributed by atoms with Crippen LogP contribution in [0.15, 0.2) is 40.3 Å². The summed E-state index contributed by atoms with van der Waals surface area (Å²) in [5.41, 5.74) is 0.935. The smallest absolute Gasteiger partial charge is 0.306 e. The molecule has 8 nitrogen and oxygen atoms in total. The molecule has 0 saturated carbocycles. The van der Waals surface area contributed by atoms with E-state index in [0.29, 0.717) is 13.0 Å². The number of esters is 1. The molecule has 152 valence electrons. The third-order valence-corrected chi connectivity index (χ3v) is 5.52. The van der Waals surface area contributed by atoms with Crippen molar-refractivity contribution in [2.75, 3.05) is 18.5 Å². The van der Waals surface area contributed by atoms with E-state index in [-0.39, 0.29) is 12.2 Å². The minimum Gasteiger partial charge on any atom is -0.459 e. The number of aromatic nitrogens is 1. The van der Waals surface area contributed by atoms with E-state index in [9.17, 15) is 14.4 Å². The molecule has 3 aromatic rings. The molecule has 10 heteroatoms. The predicted octanol–water partition coefficient (Wildman–Crippen LogP) is 3.46. The molecule has 2 N–H and O–H groups in total. The van der Waals surface area contributed by atoms with Crippen molar-refractivity contribution in [3.63, 3.8) is 0 Å². The van der Waals surface area contributed by atoms with Crippen molar-refractivity contribution in [1.29, 1.82) is 0 Å². The number of rotatable bonds is 9. The van der Waals surface area contributed by atoms with Gasteiger partial charge >= 0.3 is 5.97 Å². The number of nitrogens with one attached hydrogen (secondary N) is 2. The van der Waals surface area contributed by atoms with Crippen molar-refractivity contribution < 1.29 is 23.5 Å². The molecule has 0 unspecified atom stereocenters. The van der Waals surface area contributed by atoms with Crippen molar-refractivity contribution in [2.45, 2.75) is 19.8 Å². The number of furan rings is 1. The van der Waals surface area contributed by atoms with E-state index >= 15 is 0 Å². The van der Waals surface area contributed by atoms with Crippen molar-refractivity contribution in [1.82, 2.24) is 10.3 Å². The van der Waals surface area contributed by atoms with Crippen LogP contribution in [-0.4, -0.2) is 35.9 Å². The van der Waals surface area contributed by atoms with Crippen molar-refractivity contribution in [3.8, 4) is 10.6 Å². The summed E-state index contributed by atoms with van der Waals surface area (Å²) >= 11 is 3.20. The Kier molecular flexibility index (Phi) is 7.14. The molecule has 0 saturated heterocycles. The summed E-state index contributed by atoms with van der Waals surface area (Å²) in [6.07, 6.45) is 2.00. The van der Waals surface area contributed by atoms with E-state index in [1.165, 1.54) is 34.6 Å². The number of carbonyl (C=O) groups is 3. The zero-order valence-corrected chi connectivity index (χ0v) is 17.2. The fraction of sp³-hybridized carbons (Fsp3) is 0.263. The fourth-order valence-corrected chi connectivity index (χ4v) is 3.96. The number of amides is 2. The maximum absolute atomic E-state index is 11.7. The van der Waals surface area contributed by atoms with Gasteiger partial charge in [0, 0.05) is 23.2 Å². The average Bonchev–Trinajstić information content (AvgIpc) is 3.44. The van der Waals surface area contributed by atoms with Crippen LogP contribution in [0.25, 0.3) is 10.6 Å². The number of thiazole rings is 1. The van der Waals surface area contributed by atoms with E-state index < -0.39 is 24.4 Å². The largest absolute Gasteiger partial charge is 0.459 e. The van der Waals surface area contributed by atoms with E-state index in [0.717, 1.165) is 15.7 Å². The lowest BCUT2D eigenvalue weighted by Gasteiger charge is -2.05. The van der Waals surface area contributed by atoms with E-state index in [4.69, 9.17) is 9.15 Å². The Morgan fingerprint density at radius 3 is 2.83 bits per heavy atom. The number of aryl methyl sites for hydroxylation is 1. The van der Waals surface area contributed by atoms with Crippen LogP contribution in [0.4, 0.5) is 5.13 Å². The monoisotopic (exact) mass is 433 g/mol. The Balaban J connectivity index is 1.30. The minimum absolute atomic E-state index is 0.00954. The molecule has 0 aliphatic heterocycles. The predicted molar refractivity (Wildman–Crippen MR) is 110 cm³/mol. The summed E-state index contributed by atoms with van der Waals surface area (Å²) < 4.78 is 9.73. The van der Waals surface area contributed by atoms with Gasteiger partial charge in [-0.05, 0) is 37.6 Å². The van der Waals surface area contributed by atoms with Gasteiger partial charge in [0.2, 0.25) is 0 Å². The lowest BCUT2D eigenvalue weighted by molar-refractivity contribution is -0.148. The number of anilines is 1. The highest BCUT2D eigenvalue weighted by Gasteiger charge is 2.14. The normalized spacial score (nSPS) is 10.5. The van der Waals surface area contributed by atoms with E-state index in [1.54, 1.807) is 11.3 Å². The van der Waals surface area contributed by atoms with Gasteiger partial charge in [-0.2, -0.15) is 0 Å². The SMILES string of the molecule is Cc1ccc(-c2csc(NCCCC(=O)OCC(=O)NC(=O)c3ccco3)n2)s1. The number of carbonyl (C=O) groups excluding carboxylic acids is 3. The van der Waals surface area contributed by atoms with E-state index in [2.05, 4.69) is 28.6 Å². The van der Waals surface area contributed by atoms with Gasteiger partial charge < -0.3 is 14.5 Å². The molecular weight excluding hydrogens is 414 g/mol. The first-order valence-electron chi connectivity index (χ1n) is 8.81. The Morgan fingerprint density at radius 2 is 2.10 bits per heavy atom. The first kappa shape index (κ1) is 20.7. The van der Waals surface area contributed by atoms with Crippen LogP contribution in [0.5, 0.6) is 0 Å². The fourth-order valence-electron chi connectivity index (χ4n) is 2.32. The highest BCUT2D eigenvalue weighted by atomic mass is 32.1. The first-order chi connectivity index (χ1) is 14.0. The molecule has 0 aromatic carbocycles. The van der Waals surface area contributed by atoms with Gasteiger partial charge in [-0.25, -0.2) is 4.98 Å². The van der Waals surface area contributed by atoms with Gasteiger partial charge in [0.05, 0.1) is 16.8 Å². The highest BCUT2D eigenvalue weighted by molar-refractivity contribution is 7.16. The third-order valence-electron chi connectivity index (χ3n) is 3.69. The Labute approximate surface area is 174 Å². The van der Waals surface area contributed by atoms with Crippen LogP contribution in [0, 0.1) is 6.92 Å². The second-order valence-electron chi connectivity index (χ2n) is 5.99. The molecule has 2 amide bonds. The molecule has 3 rings (SSSR count). The Hall–Kier alpha value is -2.98.